The van der Waals surface area contributed by atoms with E-state index in [1.165, 1.54) is 6.07 Å². The molecule has 0 unspecified atom stereocenters. The van der Waals surface area contributed by atoms with Crippen molar-refractivity contribution in [1.82, 2.24) is 0 Å². The summed E-state index contributed by atoms with van der Waals surface area (Å²) >= 11 is 3.05. The Labute approximate surface area is 130 Å². The van der Waals surface area contributed by atoms with Crippen molar-refractivity contribution in [2.75, 3.05) is 0 Å². The highest BCUT2D eigenvalue weighted by molar-refractivity contribution is 9.10. The van der Waals surface area contributed by atoms with Crippen LogP contribution < -0.4 is 5.73 Å². The Hall–Kier alpha value is -0.300. The van der Waals surface area contributed by atoms with Crippen LogP contribution in [0.5, 0.6) is 0 Å². The van der Waals surface area contributed by atoms with Gasteiger partial charge in [-0.05, 0) is 42.5 Å². The van der Waals surface area contributed by atoms with E-state index in [0.717, 1.165) is 31.4 Å². The van der Waals surface area contributed by atoms with Crippen molar-refractivity contribution in [3.63, 3.8) is 0 Å². The molecule has 7 heteroatoms. The lowest BCUT2D eigenvalue weighted by atomic mass is 9.77. The SMILES string of the molecule is Cl.N[C@H](c1cc(Br)cc(C(F)(F)F)c1)[C@@H](O)C1CCC1. The predicted octanol–water partition coefficient (Wildman–Crippen LogP) is 4.05. The lowest BCUT2D eigenvalue weighted by Gasteiger charge is -2.34. The van der Waals surface area contributed by atoms with Crippen molar-refractivity contribution in [2.24, 2.45) is 11.7 Å². The van der Waals surface area contributed by atoms with E-state index in [1.807, 2.05) is 0 Å². The number of alkyl halides is 3. The van der Waals surface area contributed by atoms with Gasteiger partial charge in [-0.2, -0.15) is 13.2 Å². The Morgan fingerprint density at radius 2 is 1.85 bits per heavy atom. The fourth-order valence-corrected chi connectivity index (χ4v) is 2.75. The van der Waals surface area contributed by atoms with E-state index in [4.69, 9.17) is 5.73 Å². The van der Waals surface area contributed by atoms with Gasteiger partial charge < -0.3 is 10.8 Å². The summed E-state index contributed by atoms with van der Waals surface area (Å²) in [6.07, 6.45) is -2.39. The summed E-state index contributed by atoms with van der Waals surface area (Å²) < 4.78 is 38.5. The second-order valence-electron chi connectivity index (χ2n) is 4.98. The lowest BCUT2D eigenvalue weighted by Crippen LogP contribution is -2.36. The first kappa shape index (κ1) is 17.8. The van der Waals surface area contributed by atoms with Crippen molar-refractivity contribution in [3.05, 3.63) is 33.8 Å². The molecule has 0 aliphatic heterocycles. The zero-order valence-corrected chi connectivity index (χ0v) is 12.9. The van der Waals surface area contributed by atoms with Gasteiger partial charge in [0.25, 0.3) is 0 Å². The van der Waals surface area contributed by atoms with E-state index < -0.39 is 23.9 Å². The zero-order chi connectivity index (χ0) is 14.2. The van der Waals surface area contributed by atoms with E-state index >= 15 is 0 Å². The molecule has 3 N–H and O–H groups in total. The van der Waals surface area contributed by atoms with Crippen LogP contribution in [0.2, 0.25) is 0 Å². The molecular weight excluding hydrogens is 359 g/mol. The van der Waals surface area contributed by atoms with E-state index in [2.05, 4.69) is 15.9 Å². The Kier molecular flexibility index (Phi) is 5.89. The van der Waals surface area contributed by atoms with Gasteiger partial charge in [0.15, 0.2) is 0 Å². The summed E-state index contributed by atoms with van der Waals surface area (Å²) in [5.74, 6) is 0.100. The second-order valence-corrected chi connectivity index (χ2v) is 5.89. The van der Waals surface area contributed by atoms with Gasteiger partial charge in [-0.25, -0.2) is 0 Å². The van der Waals surface area contributed by atoms with E-state index in [9.17, 15) is 18.3 Å². The molecule has 2 rings (SSSR count). The molecule has 0 saturated heterocycles. The van der Waals surface area contributed by atoms with E-state index in [-0.39, 0.29) is 18.3 Å². The lowest BCUT2D eigenvalue weighted by molar-refractivity contribution is -0.137. The summed E-state index contributed by atoms with van der Waals surface area (Å²) in [6, 6.07) is 2.76. The minimum absolute atomic E-state index is 0. The van der Waals surface area contributed by atoms with Gasteiger partial charge >= 0.3 is 6.18 Å². The molecule has 2 atom stereocenters. The number of benzene rings is 1. The molecule has 1 aliphatic rings. The van der Waals surface area contributed by atoms with Gasteiger partial charge in [0, 0.05) is 4.47 Å². The smallest absolute Gasteiger partial charge is 0.391 e. The summed E-state index contributed by atoms with van der Waals surface area (Å²) in [4.78, 5) is 0. The van der Waals surface area contributed by atoms with Crippen LogP contribution in [0.3, 0.4) is 0 Å². The molecule has 0 amide bonds. The first-order valence-corrected chi connectivity index (χ1v) is 6.89. The van der Waals surface area contributed by atoms with Crippen LogP contribution >= 0.6 is 28.3 Å². The third kappa shape index (κ3) is 3.87. The number of halogens is 5. The molecule has 114 valence electrons. The highest BCUT2D eigenvalue weighted by Gasteiger charge is 2.34. The fourth-order valence-electron chi connectivity index (χ4n) is 2.24. The quantitative estimate of drug-likeness (QED) is 0.838. The maximum Gasteiger partial charge on any atom is 0.416 e. The average molecular weight is 375 g/mol. The maximum atomic E-state index is 12.7. The van der Waals surface area contributed by atoms with Crippen molar-refractivity contribution in [3.8, 4) is 0 Å². The number of aliphatic hydroxyl groups excluding tert-OH is 1. The van der Waals surface area contributed by atoms with Crippen molar-refractivity contribution in [1.29, 1.82) is 0 Å². The summed E-state index contributed by atoms with van der Waals surface area (Å²) in [5, 5.41) is 10.1. The number of hydrogen-bond donors (Lipinski definition) is 2. The Morgan fingerprint density at radius 1 is 1.25 bits per heavy atom. The molecule has 1 fully saturated rings. The molecule has 2 nitrogen and oxygen atoms in total. The number of nitrogens with two attached hydrogens (primary N) is 1. The number of hydrogen-bond acceptors (Lipinski definition) is 2. The van der Waals surface area contributed by atoms with Crippen molar-refractivity contribution < 1.29 is 18.3 Å². The van der Waals surface area contributed by atoms with Gasteiger partial charge in [-0.3, -0.25) is 0 Å². The van der Waals surface area contributed by atoms with Gasteiger partial charge in [0.2, 0.25) is 0 Å². The van der Waals surface area contributed by atoms with Crippen LogP contribution in [0.1, 0.15) is 36.4 Å². The molecule has 1 saturated carbocycles. The third-order valence-corrected chi connectivity index (χ3v) is 4.09. The van der Waals surface area contributed by atoms with E-state index in [0.29, 0.717) is 10.0 Å². The van der Waals surface area contributed by atoms with Gasteiger partial charge in [-0.1, -0.05) is 22.4 Å². The molecule has 0 bridgehead atoms. The fraction of sp³-hybridized carbons (Fsp3) is 0.538. The monoisotopic (exact) mass is 373 g/mol. The summed E-state index contributed by atoms with van der Waals surface area (Å²) in [6.45, 7) is 0. The zero-order valence-electron chi connectivity index (χ0n) is 10.5. The first-order chi connectivity index (χ1) is 8.79. The Bertz CT molecular complexity index is 465. The summed E-state index contributed by atoms with van der Waals surface area (Å²) in [7, 11) is 0. The third-order valence-electron chi connectivity index (χ3n) is 3.63. The molecule has 1 aromatic rings. The molecule has 1 aromatic carbocycles. The van der Waals surface area contributed by atoms with Crippen molar-refractivity contribution >= 4 is 28.3 Å². The molecule has 20 heavy (non-hydrogen) atoms. The van der Waals surface area contributed by atoms with Crippen LogP contribution in [0, 0.1) is 5.92 Å². The molecule has 0 radical (unpaired) electrons. The normalized spacial score (nSPS) is 18.9. The van der Waals surface area contributed by atoms with Crippen LogP contribution in [0.4, 0.5) is 13.2 Å². The van der Waals surface area contributed by atoms with Crippen molar-refractivity contribution in [2.45, 2.75) is 37.6 Å². The Balaban J connectivity index is 0.00000200. The molecule has 0 spiro atoms. The Morgan fingerprint density at radius 3 is 2.30 bits per heavy atom. The van der Waals surface area contributed by atoms with Crippen LogP contribution in [0.25, 0.3) is 0 Å². The molecular formula is C13H16BrClF3NO. The van der Waals surface area contributed by atoms with Gasteiger partial charge in [0.05, 0.1) is 17.7 Å². The topological polar surface area (TPSA) is 46.2 Å². The standard InChI is InChI=1S/C13H15BrF3NO.ClH/c14-10-5-8(4-9(6-10)13(15,16)17)11(18)12(19)7-2-1-3-7;/h4-7,11-12,19H,1-3,18H2;1H/t11-,12+;/m1./s1. The highest BCUT2D eigenvalue weighted by atomic mass is 79.9. The minimum atomic E-state index is -4.42. The molecule has 0 heterocycles. The molecule has 1 aliphatic carbocycles. The first-order valence-electron chi connectivity index (χ1n) is 6.10. The largest absolute Gasteiger partial charge is 0.416 e. The van der Waals surface area contributed by atoms with Crippen LogP contribution in [-0.2, 0) is 6.18 Å². The maximum absolute atomic E-state index is 12.7. The summed E-state index contributed by atoms with van der Waals surface area (Å²) in [5.41, 5.74) is 5.44. The van der Waals surface area contributed by atoms with Crippen LogP contribution in [-0.4, -0.2) is 11.2 Å². The number of rotatable bonds is 3. The van der Waals surface area contributed by atoms with Gasteiger partial charge in [-0.15, -0.1) is 12.4 Å². The van der Waals surface area contributed by atoms with Gasteiger partial charge in [0.1, 0.15) is 0 Å². The van der Waals surface area contributed by atoms with Crippen LogP contribution in [0.15, 0.2) is 22.7 Å². The molecule has 0 aromatic heterocycles. The highest BCUT2D eigenvalue weighted by Crippen LogP contribution is 2.37. The average Bonchev–Trinajstić information content (AvgIpc) is 2.23. The predicted molar refractivity (Wildman–Crippen MR) is 76.7 cm³/mol. The van der Waals surface area contributed by atoms with E-state index in [1.54, 1.807) is 0 Å². The minimum Gasteiger partial charge on any atom is -0.391 e. The number of aliphatic hydroxyl groups is 1. The second kappa shape index (κ2) is 6.64.